The first-order valence-electron chi connectivity index (χ1n) is 5.91. The normalized spacial score (nSPS) is 15.4. The number of hydrogen-bond donors (Lipinski definition) is 1. The van der Waals surface area contributed by atoms with Gasteiger partial charge in [0.05, 0.1) is 18.6 Å². The van der Waals surface area contributed by atoms with Crippen LogP contribution in [0, 0.1) is 5.41 Å². The maximum atomic E-state index is 11.1. The highest BCUT2D eigenvalue weighted by atomic mass is 16.5. The molecule has 3 nitrogen and oxygen atoms in total. The third-order valence-electron chi connectivity index (χ3n) is 3.27. The van der Waals surface area contributed by atoms with Crippen LogP contribution in [0.5, 0.6) is 0 Å². The molecule has 17 heavy (non-hydrogen) atoms. The van der Waals surface area contributed by atoms with Crippen molar-refractivity contribution in [2.45, 2.75) is 33.3 Å². The molecule has 2 rings (SSSR count). The smallest absolute Gasteiger partial charge is 0.309 e. The van der Waals surface area contributed by atoms with E-state index < -0.39 is 11.4 Å². The number of benzene rings is 1. The number of fused-ring (bicyclic) bond motifs is 1. The summed E-state index contributed by atoms with van der Waals surface area (Å²) in [7, 11) is 0. The van der Waals surface area contributed by atoms with E-state index in [0.717, 1.165) is 18.6 Å². The highest BCUT2D eigenvalue weighted by Gasteiger charge is 2.27. The maximum Gasteiger partial charge on any atom is 0.309 e. The summed E-state index contributed by atoms with van der Waals surface area (Å²) in [6.07, 6.45) is 1.51. The molecule has 0 aliphatic carbocycles. The van der Waals surface area contributed by atoms with Crippen molar-refractivity contribution >= 4 is 5.97 Å². The van der Waals surface area contributed by atoms with Crippen molar-refractivity contribution in [3.05, 3.63) is 34.9 Å². The average Bonchev–Trinajstić information content (AvgIpc) is 2.28. The van der Waals surface area contributed by atoms with E-state index in [0.29, 0.717) is 13.0 Å². The Balaban J connectivity index is 2.20. The van der Waals surface area contributed by atoms with Crippen molar-refractivity contribution in [2.24, 2.45) is 5.41 Å². The Labute approximate surface area is 101 Å². The lowest BCUT2D eigenvalue weighted by molar-refractivity contribution is -0.146. The van der Waals surface area contributed by atoms with E-state index in [2.05, 4.69) is 12.1 Å². The number of carbonyl (C=O) groups is 1. The molecular formula is C14H18O3. The maximum absolute atomic E-state index is 11.1. The summed E-state index contributed by atoms with van der Waals surface area (Å²) >= 11 is 0. The number of aliphatic carboxylic acids is 1. The van der Waals surface area contributed by atoms with Gasteiger partial charge >= 0.3 is 5.97 Å². The average molecular weight is 234 g/mol. The Morgan fingerprint density at radius 1 is 1.41 bits per heavy atom. The molecule has 0 saturated heterocycles. The summed E-state index contributed by atoms with van der Waals surface area (Å²) in [6, 6.07) is 6.22. The van der Waals surface area contributed by atoms with Crippen LogP contribution in [0.15, 0.2) is 18.2 Å². The first-order valence-corrected chi connectivity index (χ1v) is 5.91. The van der Waals surface area contributed by atoms with E-state index in [1.54, 1.807) is 13.8 Å². The second kappa shape index (κ2) is 4.49. The van der Waals surface area contributed by atoms with Gasteiger partial charge in [0.2, 0.25) is 0 Å². The van der Waals surface area contributed by atoms with Crippen LogP contribution in [0.25, 0.3) is 0 Å². The zero-order valence-corrected chi connectivity index (χ0v) is 10.3. The standard InChI is InChI=1S/C14H18O3/c1-14(2,13(15)16)8-10-3-4-11-5-6-17-9-12(11)7-10/h3-4,7H,5-6,8-9H2,1-2H3,(H,15,16). The molecule has 0 amide bonds. The van der Waals surface area contributed by atoms with Crippen molar-refractivity contribution in [1.29, 1.82) is 0 Å². The number of carboxylic acids is 1. The number of carboxylic acid groups (broad SMARTS) is 1. The van der Waals surface area contributed by atoms with Gasteiger partial charge in [-0.1, -0.05) is 18.2 Å². The van der Waals surface area contributed by atoms with Gasteiger partial charge in [-0.15, -0.1) is 0 Å². The summed E-state index contributed by atoms with van der Waals surface area (Å²) in [5, 5.41) is 9.12. The third kappa shape index (κ3) is 2.67. The Hall–Kier alpha value is -1.35. The zero-order chi connectivity index (χ0) is 12.5. The van der Waals surface area contributed by atoms with Crippen LogP contribution >= 0.6 is 0 Å². The van der Waals surface area contributed by atoms with Gasteiger partial charge in [0.25, 0.3) is 0 Å². The van der Waals surface area contributed by atoms with Crippen LogP contribution in [0.3, 0.4) is 0 Å². The molecule has 0 saturated carbocycles. The fraction of sp³-hybridized carbons (Fsp3) is 0.500. The van der Waals surface area contributed by atoms with Gasteiger partial charge in [0.1, 0.15) is 0 Å². The molecule has 0 fully saturated rings. The molecule has 1 N–H and O–H groups in total. The Bertz CT molecular complexity index is 435. The minimum atomic E-state index is -0.758. The summed E-state index contributed by atoms with van der Waals surface area (Å²) in [5.74, 6) is -0.758. The number of ether oxygens (including phenoxy) is 1. The molecule has 1 heterocycles. The lowest BCUT2D eigenvalue weighted by Crippen LogP contribution is -2.26. The van der Waals surface area contributed by atoms with Crippen LogP contribution in [0.1, 0.15) is 30.5 Å². The molecule has 0 radical (unpaired) electrons. The van der Waals surface area contributed by atoms with Gasteiger partial charge in [-0.05, 0) is 43.4 Å². The van der Waals surface area contributed by atoms with E-state index in [1.165, 1.54) is 11.1 Å². The lowest BCUT2D eigenvalue weighted by atomic mass is 9.85. The lowest BCUT2D eigenvalue weighted by Gasteiger charge is -2.21. The molecule has 1 aliphatic heterocycles. The number of hydrogen-bond acceptors (Lipinski definition) is 2. The SMILES string of the molecule is CC(C)(Cc1ccc2c(c1)COCC2)C(=O)O. The van der Waals surface area contributed by atoms with E-state index in [9.17, 15) is 4.79 Å². The minimum Gasteiger partial charge on any atom is -0.481 e. The molecule has 1 aromatic rings. The molecule has 0 atom stereocenters. The fourth-order valence-electron chi connectivity index (χ4n) is 2.12. The highest BCUT2D eigenvalue weighted by Crippen LogP contribution is 2.25. The second-order valence-electron chi connectivity index (χ2n) is 5.27. The second-order valence-corrected chi connectivity index (χ2v) is 5.27. The van der Waals surface area contributed by atoms with Gasteiger partial charge in [-0.25, -0.2) is 0 Å². The van der Waals surface area contributed by atoms with Gasteiger partial charge in [-0.3, -0.25) is 4.79 Å². The minimum absolute atomic E-state index is 0.551. The molecule has 0 aromatic heterocycles. The van der Waals surface area contributed by atoms with Gasteiger partial charge in [-0.2, -0.15) is 0 Å². The highest BCUT2D eigenvalue weighted by molar-refractivity contribution is 5.74. The summed E-state index contributed by atoms with van der Waals surface area (Å²) < 4.78 is 5.41. The van der Waals surface area contributed by atoms with Gasteiger partial charge in [0.15, 0.2) is 0 Å². The first-order chi connectivity index (χ1) is 7.99. The van der Waals surface area contributed by atoms with Crippen molar-refractivity contribution in [3.8, 4) is 0 Å². The molecule has 0 bridgehead atoms. The predicted molar refractivity (Wildman–Crippen MR) is 64.9 cm³/mol. The van der Waals surface area contributed by atoms with Crippen LogP contribution in [0.4, 0.5) is 0 Å². The molecule has 92 valence electrons. The molecule has 0 spiro atoms. The molecule has 1 aromatic carbocycles. The monoisotopic (exact) mass is 234 g/mol. The Morgan fingerprint density at radius 3 is 2.88 bits per heavy atom. The first kappa shape index (κ1) is 12.1. The van der Waals surface area contributed by atoms with Crippen LogP contribution in [-0.2, 0) is 29.0 Å². The van der Waals surface area contributed by atoms with Crippen LogP contribution in [0.2, 0.25) is 0 Å². The Morgan fingerprint density at radius 2 is 2.18 bits per heavy atom. The molecule has 1 aliphatic rings. The van der Waals surface area contributed by atoms with E-state index in [1.807, 2.05) is 6.07 Å². The van der Waals surface area contributed by atoms with Crippen LogP contribution in [-0.4, -0.2) is 17.7 Å². The summed E-state index contributed by atoms with van der Waals surface area (Å²) in [4.78, 5) is 11.1. The molecular weight excluding hydrogens is 216 g/mol. The Kier molecular flexibility index (Phi) is 3.20. The van der Waals surface area contributed by atoms with Crippen LogP contribution < -0.4 is 0 Å². The largest absolute Gasteiger partial charge is 0.481 e. The predicted octanol–water partition coefficient (Wildman–Crippen LogP) is 2.41. The van der Waals surface area contributed by atoms with Crippen molar-refractivity contribution in [2.75, 3.05) is 6.61 Å². The molecule has 3 heteroatoms. The fourth-order valence-corrected chi connectivity index (χ4v) is 2.12. The summed E-state index contributed by atoms with van der Waals surface area (Å²) in [6.45, 7) is 4.94. The van der Waals surface area contributed by atoms with E-state index in [-0.39, 0.29) is 0 Å². The van der Waals surface area contributed by atoms with Crippen molar-refractivity contribution < 1.29 is 14.6 Å². The van der Waals surface area contributed by atoms with E-state index >= 15 is 0 Å². The third-order valence-corrected chi connectivity index (χ3v) is 3.27. The van der Waals surface area contributed by atoms with Crippen molar-refractivity contribution in [3.63, 3.8) is 0 Å². The quantitative estimate of drug-likeness (QED) is 0.873. The zero-order valence-electron chi connectivity index (χ0n) is 10.3. The van der Waals surface area contributed by atoms with Crippen molar-refractivity contribution in [1.82, 2.24) is 0 Å². The topological polar surface area (TPSA) is 46.5 Å². The number of rotatable bonds is 3. The summed E-state index contributed by atoms with van der Waals surface area (Å²) in [5.41, 5.74) is 2.88. The molecule has 0 unspecified atom stereocenters. The van der Waals surface area contributed by atoms with E-state index in [4.69, 9.17) is 9.84 Å². The van der Waals surface area contributed by atoms with Gasteiger partial charge < -0.3 is 9.84 Å². The van der Waals surface area contributed by atoms with Gasteiger partial charge in [0, 0.05) is 0 Å².